The molecule has 1 aliphatic rings. The van der Waals surface area contributed by atoms with Crippen molar-refractivity contribution in [3.8, 4) is 0 Å². The molecular weight excluding hydrogens is 346 g/mol. The molecular formula is C15H21N5O4S. The number of aromatic nitrogens is 3. The summed E-state index contributed by atoms with van der Waals surface area (Å²) >= 11 is 0. The summed E-state index contributed by atoms with van der Waals surface area (Å²) in [6.45, 7) is 3.69. The van der Waals surface area contributed by atoms with Gasteiger partial charge in [-0.3, -0.25) is 9.48 Å². The first-order chi connectivity index (χ1) is 11.8. The second-order valence-electron chi connectivity index (χ2n) is 6.25. The number of amides is 1. The van der Waals surface area contributed by atoms with E-state index in [4.69, 9.17) is 4.52 Å². The van der Waals surface area contributed by atoms with Crippen molar-refractivity contribution in [2.24, 2.45) is 13.0 Å². The third kappa shape index (κ3) is 3.45. The van der Waals surface area contributed by atoms with Gasteiger partial charge < -0.3 is 9.84 Å². The fourth-order valence-corrected chi connectivity index (χ4v) is 4.89. The molecule has 1 amide bonds. The van der Waals surface area contributed by atoms with Gasteiger partial charge in [-0.25, -0.2) is 8.42 Å². The number of sulfonamides is 1. The summed E-state index contributed by atoms with van der Waals surface area (Å²) in [4.78, 5) is 12.6. The Kier molecular flexibility index (Phi) is 4.65. The van der Waals surface area contributed by atoms with Crippen LogP contribution in [0.25, 0.3) is 0 Å². The average Bonchev–Trinajstić information content (AvgIpc) is 3.13. The van der Waals surface area contributed by atoms with Crippen LogP contribution in [0.5, 0.6) is 0 Å². The molecule has 0 aromatic carbocycles. The molecule has 1 unspecified atom stereocenters. The van der Waals surface area contributed by atoms with Crippen molar-refractivity contribution >= 4 is 21.6 Å². The lowest BCUT2D eigenvalue weighted by Gasteiger charge is -2.31. The fraction of sp³-hybridized carbons (Fsp3) is 0.533. The van der Waals surface area contributed by atoms with Gasteiger partial charge in [0.2, 0.25) is 15.9 Å². The molecule has 0 radical (unpaired) electrons. The van der Waals surface area contributed by atoms with Crippen LogP contribution in [0.2, 0.25) is 0 Å². The Morgan fingerprint density at radius 3 is 2.76 bits per heavy atom. The number of rotatable bonds is 4. The second-order valence-corrected chi connectivity index (χ2v) is 8.12. The van der Waals surface area contributed by atoms with Gasteiger partial charge in [-0.1, -0.05) is 5.16 Å². The molecule has 1 N–H and O–H groups in total. The van der Waals surface area contributed by atoms with Crippen LogP contribution in [-0.4, -0.2) is 46.7 Å². The van der Waals surface area contributed by atoms with Crippen molar-refractivity contribution in [1.82, 2.24) is 19.2 Å². The van der Waals surface area contributed by atoms with Gasteiger partial charge in [0.15, 0.2) is 5.76 Å². The molecule has 9 nitrogen and oxygen atoms in total. The number of anilines is 1. The normalized spacial score (nSPS) is 19.1. The van der Waals surface area contributed by atoms with E-state index < -0.39 is 15.9 Å². The highest BCUT2D eigenvalue weighted by atomic mass is 32.2. The lowest BCUT2D eigenvalue weighted by atomic mass is 9.99. The van der Waals surface area contributed by atoms with E-state index in [9.17, 15) is 13.2 Å². The minimum Gasteiger partial charge on any atom is -0.360 e. The van der Waals surface area contributed by atoms with Crippen molar-refractivity contribution in [1.29, 1.82) is 0 Å². The standard InChI is InChI=1S/C15H21N5O4S/c1-10-14(11(2)24-18-10)25(22,23)20-6-4-5-12(8-20)15(21)17-13-7-16-19(3)9-13/h7,9,12H,4-6,8H2,1-3H3,(H,17,21). The molecule has 3 rings (SSSR count). The van der Waals surface area contributed by atoms with E-state index in [1.165, 1.54) is 4.31 Å². The number of hydrogen-bond donors (Lipinski definition) is 1. The summed E-state index contributed by atoms with van der Waals surface area (Å²) in [7, 11) is -1.98. The predicted molar refractivity (Wildman–Crippen MR) is 89.3 cm³/mol. The monoisotopic (exact) mass is 367 g/mol. The number of carbonyl (C=O) groups is 1. The maximum absolute atomic E-state index is 12.9. The molecule has 0 spiro atoms. The van der Waals surface area contributed by atoms with Gasteiger partial charge in [-0.15, -0.1) is 0 Å². The molecule has 0 aliphatic carbocycles. The Morgan fingerprint density at radius 2 is 2.16 bits per heavy atom. The summed E-state index contributed by atoms with van der Waals surface area (Å²) in [5.74, 6) is -0.352. The average molecular weight is 367 g/mol. The third-order valence-corrected chi connectivity index (χ3v) is 6.40. The van der Waals surface area contributed by atoms with Crippen LogP contribution in [0, 0.1) is 19.8 Å². The van der Waals surface area contributed by atoms with Crippen LogP contribution in [0.15, 0.2) is 21.8 Å². The van der Waals surface area contributed by atoms with E-state index in [0.717, 1.165) is 0 Å². The maximum Gasteiger partial charge on any atom is 0.248 e. The van der Waals surface area contributed by atoms with Gasteiger partial charge in [0.1, 0.15) is 10.6 Å². The molecule has 1 atom stereocenters. The molecule has 25 heavy (non-hydrogen) atoms. The Balaban J connectivity index is 1.75. The number of nitrogens with zero attached hydrogens (tertiary/aromatic N) is 4. The van der Waals surface area contributed by atoms with Crippen LogP contribution >= 0.6 is 0 Å². The predicted octanol–water partition coefficient (Wildman–Crippen LogP) is 1.06. The molecule has 1 saturated heterocycles. The zero-order chi connectivity index (χ0) is 18.2. The quantitative estimate of drug-likeness (QED) is 0.865. The summed E-state index contributed by atoms with van der Waals surface area (Å²) < 4.78 is 33.7. The number of aryl methyl sites for hydroxylation is 3. The van der Waals surface area contributed by atoms with E-state index in [-0.39, 0.29) is 23.1 Å². The number of nitrogens with one attached hydrogen (secondary N) is 1. The number of hydrogen-bond acceptors (Lipinski definition) is 6. The van der Waals surface area contributed by atoms with Gasteiger partial charge >= 0.3 is 0 Å². The summed E-state index contributed by atoms with van der Waals surface area (Å²) in [5, 5.41) is 10.5. The first kappa shape index (κ1) is 17.6. The highest BCUT2D eigenvalue weighted by molar-refractivity contribution is 7.89. The summed E-state index contributed by atoms with van der Waals surface area (Å²) in [6.07, 6.45) is 4.51. The van der Waals surface area contributed by atoms with Crippen molar-refractivity contribution in [2.75, 3.05) is 18.4 Å². The Labute approximate surface area is 146 Å². The zero-order valence-corrected chi connectivity index (χ0v) is 15.2. The number of carbonyl (C=O) groups excluding carboxylic acids is 1. The summed E-state index contributed by atoms with van der Waals surface area (Å²) in [5.41, 5.74) is 0.928. The van der Waals surface area contributed by atoms with Crippen LogP contribution in [0.1, 0.15) is 24.3 Å². The summed E-state index contributed by atoms with van der Waals surface area (Å²) in [6, 6.07) is 0. The molecule has 1 aliphatic heterocycles. The van der Waals surface area contributed by atoms with Gasteiger partial charge in [0, 0.05) is 26.3 Å². The van der Waals surface area contributed by atoms with Crippen molar-refractivity contribution in [2.45, 2.75) is 31.6 Å². The van der Waals surface area contributed by atoms with Gasteiger partial charge in [0.25, 0.3) is 0 Å². The van der Waals surface area contributed by atoms with E-state index in [0.29, 0.717) is 30.8 Å². The van der Waals surface area contributed by atoms with E-state index in [2.05, 4.69) is 15.6 Å². The maximum atomic E-state index is 12.9. The minimum absolute atomic E-state index is 0.0980. The lowest BCUT2D eigenvalue weighted by Crippen LogP contribution is -2.43. The van der Waals surface area contributed by atoms with Crippen molar-refractivity contribution in [3.05, 3.63) is 23.8 Å². The van der Waals surface area contributed by atoms with Crippen LogP contribution < -0.4 is 5.32 Å². The highest BCUT2D eigenvalue weighted by Gasteiger charge is 2.36. The van der Waals surface area contributed by atoms with Gasteiger partial charge in [0.05, 0.1) is 17.8 Å². The largest absolute Gasteiger partial charge is 0.360 e. The molecule has 3 heterocycles. The third-order valence-electron chi connectivity index (χ3n) is 4.29. The van der Waals surface area contributed by atoms with Crippen LogP contribution in [0.4, 0.5) is 5.69 Å². The second kappa shape index (κ2) is 6.60. The van der Waals surface area contributed by atoms with E-state index in [1.807, 2.05) is 0 Å². The van der Waals surface area contributed by atoms with Gasteiger partial charge in [-0.05, 0) is 26.7 Å². The zero-order valence-electron chi connectivity index (χ0n) is 14.4. The van der Waals surface area contributed by atoms with Crippen LogP contribution in [0.3, 0.4) is 0 Å². The molecule has 0 saturated carbocycles. The SMILES string of the molecule is Cc1noc(C)c1S(=O)(=O)N1CCCC(C(=O)Nc2cnn(C)c2)C1. The van der Waals surface area contributed by atoms with Gasteiger partial charge in [-0.2, -0.15) is 9.40 Å². The fourth-order valence-electron chi connectivity index (χ4n) is 3.08. The van der Waals surface area contributed by atoms with E-state index >= 15 is 0 Å². The molecule has 136 valence electrons. The number of piperidine rings is 1. The minimum atomic E-state index is -3.73. The molecule has 2 aromatic rings. The molecule has 0 bridgehead atoms. The van der Waals surface area contributed by atoms with Crippen LogP contribution in [-0.2, 0) is 21.9 Å². The smallest absolute Gasteiger partial charge is 0.248 e. The van der Waals surface area contributed by atoms with Crippen molar-refractivity contribution < 1.29 is 17.7 Å². The first-order valence-electron chi connectivity index (χ1n) is 8.01. The Morgan fingerprint density at radius 1 is 1.40 bits per heavy atom. The highest BCUT2D eigenvalue weighted by Crippen LogP contribution is 2.28. The molecule has 10 heteroatoms. The molecule has 1 fully saturated rings. The van der Waals surface area contributed by atoms with E-state index in [1.54, 1.807) is 38.0 Å². The Bertz CT molecular complexity index is 866. The first-order valence-corrected chi connectivity index (χ1v) is 9.45. The Hall–Kier alpha value is -2.20. The topological polar surface area (TPSA) is 110 Å². The van der Waals surface area contributed by atoms with Crippen molar-refractivity contribution in [3.63, 3.8) is 0 Å². The lowest BCUT2D eigenvalue weighted by molar-refractivity contribution is -0.120. The molecule has 2 aromatic heterocycles.